The monoisotopic (exact) mass is 254 g/mol. The summed E-state index contributed by atoms with van der Waals surface area (Å²) in [5.41, 5.74) is 0. The molecule has 0 unspecified atom stereocenters. The van der Waals surface area contributed by atoms with Crippen LogP contribution in [0.4, 0.5) is 0 Å². The van der Waals surface area contributed by atoms with Crippen molar-refractivity contribution in [1.29, 1.82) is 0 Å². The lowest BCUT2D eigenvalue weighted by Crippen LogP contribution is -2.54. The first-order valence-electron chi connectivity index (χ1n) is 5.21. The van der Waals surface area contributed by atoms with Crippen molar-refractivity contribution >= 4 is 8.32 Å². The minimum atomic E-state index is -3.49. The van der Waals surface area contributed by atoms with Crippen LogP contribution in [0.1, 0.15) is 19.3 Å². The highest BCUT2D eigenvalue weighted by atomic mass is 28.4. The summed E-state index contributed by atoms with van der Waals surface area (Å²) in [5, 5.41) is 44.0. The molecule has 0 spiro atoms. The van der Waals surface area contributed by atoms with Crippen LogP contribution in [0.5, 0.6) is 0 Å². The van der Waals surface area contributed by atoms with E-state index in [1.807, 2.05) is 19.6 Å². The van der Waals surface area contributed by atoms with E-state index in [0.717, 1.165) is 0 Å². The maximum Gasteiger partial charge on any atom is 0.332 e. The third-order valence-corrected chi connectivity index (χ3v) is 3.06. The van der Waals surface area contributed by atoms with Crippen LogP contribution in [-0.2, 0) is 4.43 Å². The zero-order valence-electron chi connectivity index (χ0n) is 9.97. The van der Waals surface area contributed by atoms with Gasteiger partial charge in [0.15, 0.2) is 8.32 Å². The molecule has 7 heteroatoms. The van der Waals surface area contributed by atoms with Crippen molar-refractivity contribution in [2.45, 2.75) is 50.7 Å². The Kier molecular flexibility index (Phi) is 5.53. The fourth-order valence-electron chi connectivity index (χ4n) is 1.02. The van der Waals surface area contributed by atoms with E-state index in [2.05, 4.69) is 0 Å². The number of rotatable bonds is 7. The summed E-state index contributed by atoms with van der Waals surface area (Å²) < 4.78 is 5.52. The highest BCUT2D eigenvalue weighted by Crippen LogP contribution is 2.20. The Labute approximate surface area is 96.2 Å². The van der Waals surface area contributed by atoms with Gasteiger partial charge in [0, 0.05) is 13.0 Å². The maximum absolute atomic E-state index is 9.08. The minimum Gasteiger partial charge on any atom is -0.418 e. The van der Waals surface area contributed by atoms with Gasteiger partial charge < -0.3 is 30.0 Å². The Morgan fingerprint density at radius 1 is 0.938 bits per heavy atom. The first kappa shape index (κ1) is 16.0. The molecule has 0 aliphatic heterocycles. The second-order valence-corrected chi connectivity index (χ2v) is 9.38. The molecule has 0 amide bonds. The number of aliphatic hydroxyl groups is 5. The number of hydrogen-bond donors (Lipinski definition) is 5. The van der Waals surface area contributed by atoms with Crippen LogP contribution in [0, 0.1) is 0 Å². The Hall–Kier alpha value is -0.0231. The molecule has 0 radical (unpaired) electrons. The molecule has 6 nitrogen and oxygen atoms in total. The molecular weight excluding hydrogens is 232 g/mol. The standard InChI is InChI=1S/C9H22O6Si/c1-16(2,3)15-7-5-4-6-8(10,11)9(12,13)14/h10-14H,4-7H2,1-3H3. The maximum atomic E-state index is 9.08. The molecule has 0 aliphatic carbocycles. The fourth-order valence-corrected chi connectivity index (χ4v) is 1.78. The molecule has 16 heavy (non-hydrogen) atoms. The molecule has 0 aliphatic rings. The van der Waals surface area contributed by atoms with Gasteiger partial charge in [0.2, 0.25) is 5.79 Å². The van der Waals surface area contributed by atoms with Crippen molar-refractivity contribution in [2.24, 2.45) is 0 Å². The van der Waals surface area contributed by atoms with Gasteiger partial charge in [-0.05, 0) is 32.5 Å². The van der Waals surface area contributed by atoms with Crippen molar-refractivity contribution in [1.82, 2.24) is 0 Å². The van der Waals surface area contributed by atoms with Crippen molar-refractivity contribution in [3.05, 3.63) is 0 Å². The van der Waals surface area contributed by atoms with E-state index < -0.39 is 20.1 Å². The molecule has 0 rings (SSSR count). The third-order valence-electron chi connectivity index (χ3n) is 1.99. The van der Waals surface area contributed by atoms with Gasteiger partial charge >= 0.3 is 5.97 Å². The van der Waals surface area contributed by atoms with Gasteiger partial charge in [-0.15, -0.1) is 0 Å². The summed E-state index contributed by atoms with van der Waals surface area (Å²) in [7, 11) is -1.56. The third kappa shape index (κ3) is 6.54. The van der Waals surface area contributed by atoms with Gasteiger partial charge in [0.1, 0.15) is 0 Å². The van der Waals surface area contributed by atoms with E-state index in [9.17, 15) is 0 Å². The van der Waals surface area contributed by atoms with E-state index in [1.54, 1.807) is 0 Å². The number of hydrogen-bond acceptors (Lipinski definition) is 6. The second-order valence-electron chi connectivity index (χ2n) is 4.87. The molecule has 0 heterocycles. The molecule has 0 aromatic rings. The predicted molar refractivity (Wildman–Crippen MR) is 59.7 cm³/mol. The highest BCUT2D eigenvalue weighted by molar-refractivity contribution is 6.69. The van der Waals surface area contributed by atoms with E-state index >= 15 is 0 Å². The quantitative estimate of drug-likeness (QED) is 0.234. The van der Waals surface area contributed by atoms with E-state index in [-0.39, 0.29) is 6.42 Å². The summed E-state index contributed by atoms with van der Waals surface area (Å²) in [6, 6.07) is 0. The van der Waals surface area contributed by atoms with Crippen molar-refractivity contribution in [2.75, 3.05) is 6.61 Å². The smallest absolute Gasteiger partial charge is 0.332 e. The Morgan fingerprint density at radius 2 is 1.44 bits per heavy atom. The molecule has 0 saturated carbocycles. The van der Waals surface area contributed by atoms with Crippen LogP contribution >= 0.6 is 0 Å². The van der Waals surface area contributed by atoms with Gasteiger partial charge in [-0.2, -0.15) is 0 Å². The molecule has 98 valence electrons. The molecule has 0 aromatic carbocycles. The molecule has 0 bridgehead atoms. The number of unbranched alkanes of at least 4 members (excludes halogenated alkanes) is 1. The van der Waals surface area contributed by atoms with Crippen LogP contribution < -0.4 is 0 Å². The van der Waals surface area contributed by atoms with Crippen molar-refractivity contribution < 1.29 is 30.0 Å². The highest BCUT2D eigenvalue weighted by Gasteiger charge is 2.45. The fraction of sp³-hybridized carbons (Fsp3) is 1.00. The summed E-state index contributed by atoms with van der Waals surface area (Å²) in [6.07, 6.45) is 0.524. The minimum absolute atomic E-state index is 0.306. The van der Waals surface area contributed by atoms with Gasteiger partial charge in [0.25, 0.3) is 0 Å². The Bertz CT molecular complexity index is 205. The normalized spacial score (nSPS) is 14.2. The lowest BCUT2D eigenvalue weighted by molar-refractivity contribution is -0.447. The molecule has 0 saturated heterocycles. The van der Waals surface area contributed by atoms with Crippen LogP contribution in [0.3, 0.4) is 0 Å². The van der Waals surface area contributed by atoms with E-state index in [0.29, 0.717) is 19.4 Å². The summed E-state index contributed by atoms with van der Waals surface area (Å²) in [5.74, 6) is -6.40. The van der Waals surface area contributed by atoms with Crippen LogP contribution in [0.25, 0.3) is 0 Å². The summed E-state index contributed by atoms with van der Waals surface area (Å²) >= 11 is 0. The molecule has 0 fully saturated rings. The van der Waals surface area contributed by atoms with E-state index in [1.165, 1.54) is 0 Å². The van der Waals surface area contributed by atoms with Gasteiger partial charge in [-0.3, -0.25) is 0 Å². The average molecular weight is 254 g/mol. The summed E-state index contributed by atoms with van der Waals surface area (Å²) in [6.45, 7) is 6.60. The van der Waals surface area contributed by atoms with Crippen LogP contribution in [0.15, 0.2) is 0 Å². The first-order chi connectivity index (χ1) is 6.96. The van der Waals surface area contributed by atoms with Crippen molar-refractivity contribution in [3.63, 3.8) is 0 Å². The lowest BCUT2D eigenvalue weighted by atomic mass is 10.1. The van der Waals surface area contributed by atoms with Gasteiger partial charge in [-0.25, -0.2) is 0 Å². The topological polar surface area (TPSA) is 110 Å². The lowest BCUT2D eigenvalue weighted by Gasteiger charge is -2.29. The van der Waals surface area contributed by atoms with Crippen molar-refractivity contribution in [3.8, 4) is 0 Å². The largest absolute Gasteiger partial charge is 0.418 e. The zero-order valence-corrected chi connectivity index (χ0v) is 11.0. The predicted octanol–water partition coefficient (Wildman–Crippen LogP) is -0.680. The van der Waals surface area contributed by atoms with Gasteiger partial charge in [0.05, 0.1) is 0 Å². The molecule has 0 aromatic heterocycles. The van der Waals surface area contributed by atoms with Gasteiger partial charge in [-0.1, -0.05) is 0 Å². The SMILES string of the molecule is C[Si](C)(C)OCCCCC(O)(O)C(O)(O)O. The van der Waals surface area contributed by atoms with Crippen LogP contribution in [0.2, 0.25) is 19.6 Å². The zero-order chi connectivity index (χ0) is 13.0. The second kappa shape index (κ2) is 5.54. The Balaban J connectivity index is 3.75. The molecule has 5 N–H and O–H groups in total. The first-order valence-corrected chi connectivity index (χ1v) is 8.62. The average Bonchev–Trinajstić information content (AvgIpc) is 1.98. The van der Waals surface area contributed by atoms with Crippen LogP contribution in [-0.4, -0.2) is 52.2 Å². The summed E-state index contributed by atoms with van der Waals surface area (Å²) in [4.78, 5) is 0. The van der Waals surface area contributed by atoms with E-state index in [4.69, 9.17) is 30.0 Å². The molecule has 0 atom stereocenters. The molecular formula is C9H22O6Si. The Morgan fingerprint density at radius 3 is 1.81 bits per heavy atom.